The van der Waals surface area contributed by atoms with Gasteiger partial charge in [0.1, 0.15) is 0 Å². The molecule has 0 spiro atoms. The third-order valence-corrected chi connectivity index (χ3v) is 5.16. The van der Waals surface area contributed by atoms with E-state index in [4.69, 9.17) is 0 Å². The van der Waals surface area contributed by atoms with Gasteiger partial charge in [-0.3, -0.25) is 9.52 Å². The highest BCUT2D eigenvalue weighted by Crippen LogP contribution is 2.26. The van der Waals surface area contributed by atoms with Crippen LogP contribution in [0.3, 0.4) is 0 Å². The van der Waals surface area contributed by atoms with Crippen LogP contribution in [0.1, 0.15) is 22.8 Å². The number of nitrogens with one attached hydrogen (secondary N) is 2. The van der Waals surface area contributed by atoms with E-state index >= 15 is 0 Å². The maximum absolute atomic E-state index is 12.5. The van der Waals surface area contributed by atoms with Crippen LogP contribution in [0.4, 0.5) is 5.69 Å². The predicted octanol–water partition coefficient (Wildman–Crippen LogP) is 3.31. The highest BCUT2D eigenvalue weighted by molar-refractivity contribution is 9.10. The van der Waals surface area contributed by atoms with E-state index in [1.54, 1.807) is 31.2 Å². The monoisotopic (exact) mass is 396 g/mol. The molecule has 2 N–H and O–H groups in total. The molecule has 0 aliphatic heterocycles. The van der Waals surface area contributed by atoms with Gasteiger partial charge in [0.05, 0.1) is 10.6 Å². The number of rotatable bonds is 5. The van der Waals surface area contributed by atoms with Crippen LogP contribution in [0.5, 0.6) is 0 Å². The molecular weight excluding hydrogens is 380 g/mol. The van der Waals surface area contributed by atoms with E-state index in [2.05, 4.69) is 26.0 Å². The van der Waals surface area contributed by atoms with Crippen molar-refractivity contribution in [2.45, 2.75) is 18.7 Å². The minimum atomic E-state index is -3.78. The summed E-state index contributed by atoms with van der Waals surface area (Å²) >= 11 is 3.32. The van der Waals surface area contributed by atoms with Crippen molar-refractivity contribution in [3.05, 3.63) is 58.1 Å². The molecule has 0 aromatic heterocycles. The lowest BCUT2D eigenvalue weighted by atomic mass is 10.2. The Morgan fingerprint density at radius 1 is 1.17 bits per heavy atom. The first kappa shape index (κ1) is 17.5. The Morgan fingerprint density at radius 3 is 2.61 bits per heavy atom. The summed E-state index contributed by atoms with van der Waals surface area (Å²) in [4.78, 5) is 11.9. The Balaban J connectivity index is 2.34. The maximum Gasteiger partial charge on any atom is 0.261 e. The lowest BCUT2D eigenvalue weighted by Gasteiger charge is -2.11. The molecule has 0 atom stereocenters. The molecule has 0 bridgehead atoms. The van der Waals surface area contributed by atoms with Crippen molar-refractivity contribution >= 4 is 37.5 Å². The summed E-state index contributed by atoms with van der Waals surface area (Å²) in [6.45, 7) is 4.15. The summed E-state index contributed by atoms with van der Waals surface area (Å²) in [6, 6.07) is 11.3. The largest absolute Gasteiger partial charge is 0.352 e. The Hall–Kier alpha value is -1.86. The first-order chi connectivity index (χ1) is 10.8. The minimum Gasteiger partial charge on any atom is -0.352 e. The third kappa shape index (κ3) is 4.33. The smallest absolute Gasteiger partial charge is 0.261 e. The summed E-state index contributed by atoms with van der Waals surface area (Å²) in [5.41, 5.74) is 1.69. The molecule has 2 rings (SSSR count). The van der Waals surface area contributed by atoms with Crippen LogP contribution < -0.4 is 10.0 Å². The molecule has 2 aromatic rings. The van der Waals surface area contributed by atoms with Gasteiger partial charge in [-0.2, -0.15) is 0 Å². The molecule has 0 saturated carbocycles. The van der Waals surface area contributed by atoms with Crippen molar-refractivity contribution in [1.29, 1.82) is 0 Å². The van der Waals surface area contributed by atoms with Gasteiger partial charge in [-0.25, -0.2) is 8.42 Å². The maximum atomic E-state index is 12.5. The van der Waals surface area contributed by atoms with Crippen molar-refractivity contribution in [1.82, 2.24) is 5.32 Å². The van der Waals surface area contributed by atoms with E-state index in [9.17, 15) is 13.2 Å². The third-order valence-electron chi connectivity index (χ3n) is 3.11. The van der Waals surface area contributed by atoms with E-state index in [-0.39, 0.29) is 10.8 Å². The van der Waals surface area contributed by atoms with Crippen LogP contribution in [0.25, 0.3) is 0 Å². The Labute approximate surface area is 144 Å². The number of hydrogen-bond donors (Lipinski definition) is 2. The van der Waals surface area contributed by atoms with E-state index < -0.39 is 10.0 Å². The highest BCUT2D eigenvalue weighted by Gasteiger charge is 2.17. The van der Waals surface area contributed by atoms with Crippen molar-refractivity contribution in [2.24, 2.45) is 0 Å². The molecule has 0 aliphatic carbocycles. The van der Waals surface area contributed by atoms with E-state index in [1.165, 1.54) is 12.1 Å². The van der Waals surface area contributed by atoms with Gasteiger partial charge in [-0.1, -0.05) is 12.1 Å². The fraction of sp³-hybridized carbons (Fsp3) is 0.188. The number of hydrogen-bond acceptors (Lipinski definition) is 3. The molecular formula is C16H17BrN2O3S. The van der Waals surface area contributed by atoms with Crippen molar-refractivity contribution in [3.63, 3.8) is 0 Å². The SMILES string of the molecule is CCNC(=O)c1cccc(S(=O)(=O)Nc2cc(C)ccc2Br)c1. The lowest BCUT2D eigenvalue weighted by molar-refractivity contribution is 0.0955. The molecule has 2 aromatic carbocycles. The Kier molecular flexibility index (Phi) is 5.43. The van der Waals surface area contributed by atoms with Gasteiger partial charge in [-0.15, -0.1) is 0 Å². The normalized spacial score (nSPS) is 11.1. The van der Waals surface area contributed by atoms with Gasteiger partial charge in [0, 0.05) is 16.6 Å². The standard InChI is InChI=1S/C16H17BrN2O3S/c1-3-18-16(20)12-5-4-6-13(10-12)23(21,22)19-15-9-11(2)7-8-14(15)17/h4-10,19H,3H2,1-2H3,(H,18,20). The van der Waals surface area contributed by atoms with Gasteiger partial charge < -0.3 is 5.32 Å². The van der Waals surface area contributed by atoms with Gasteiger partial charge in [0.2, 0.25) is 0 Å². The second-order valence-electron chi connectivity index (χ2n) is 4.98. The zero-order chi connectivity index (χ0) is 17.0. The second-order valence-corrected chi connectivity index (χ2v) is 7.51. The van der Waals surface area contributed by atoms with Crippen molar-refractivity contribution in [3.8, 4) is 0 Å². The molecule has 0 aliphatic rings. The quantitative estimate of drug-likeness (QED) is 0.813. The molecule has 7 heteroatoms. The second kappa shape index (κ2) is 7.14. The molecule has 5 nitrogen and oxygen atoms in total. The van der Waals surface area contributed by atoms with Crippen molar-refractivity contribution in [2.75, 3.05) is 11.3 Å². The molecule has 122 valence electrons. The summed E-state index contributed by atoms with van der Waals surface area (Å²) in [7, 11) is -3.78. The van der Waals surface area contributed by atoms with E-state index in [0.717, 1.165) is 5.56 Å². The number of anilines is 1. The fourth-order valence-corrected chi connectivity index (χ4v) is 3.58. The van der Waals surface area contributed by atoms with E-state index in [0.29, 0.717) is 22.3 Å². The molecule has 0 fully saturated rings. The summed E-state index contributed by atoms with van der Waals surface area (Å²) in [6.07, 6.45) is 0. The number of carbonyl (C=O) groups is 1. The molecule has 0 heterocycles. The first-order valence-electron chi connectivity index (χ1n) is 7.00. The Bertz CT molecular complexity index is 835. The van der Waals surface area contributed by atoms with Crippen molar-refractivity contribution < 1.29 is 13.2 Å². The number of benzene rings is 2. The van der Waals surface area contributed by atoms with Crippen LogP contribution >= 0.6 is 15.9 Å². The molecule has 0 saturated heterocycles. The first-order valence-corrected chi connectivity index (χ1v) is 9.28. The van der Waals surface area contributed by atoms with Crippen LogP contribution in [0.2, 0.25) is 0 Å². The van der Waals surface area contributed by atoms with Crippen LogP contribution in [0, 0.1) is 6.92 Å². The van der Waals surface area contributed by atoms with Gasteiger partial charge in [0.25, 0.3) is 15.9 Å². The number of sulfonamides is 1. The zero-order valence-electron chi connectivity index (χ0n) is 12.8. The van der Waals surface area contributed by atoms with Crippen LogP contribution in [-0.2, 0) is 10.0 Å². The summed E-state index contributed by atoms with van der Waals surface area (Å²) < 4.78 is 28.2. The van der Waals surface area contributed by atoms with Crippen LogP contribution in [0.15, 0.2) is 51.8 Å². The predicted molar refractivity (Wildman–Crippen MR) is 94.1 cm³/mol. The summed E-state index contributed by atoms with van der Waals surface area (Å²) in [5, 5.41) is 2.65. The number of halogens is 1. The molecule has 23 heavy (non-hydrogen) atoms. The average molecular weight is 397 g/mol. The fourth-order valence-electron chi connectivity index (χ4n) is 1.99. The van der Waals surface area contributed by atoms with Crippen LogP contribution in [-0.4, -0.2) is 20.9 Å². The molecule has 0 unspecified atom stereocenters. The zero-order valence-corrected chi connectivity index (χ0v) is 15.2. The minimum absolute atomic E-state index is 0.0367. The topological polar surface area (TPSA) is 75.3 Å². The molecule has 1 amide bonds. The van der Waals surface area contributed by atoms with E-state index in [1.807, 2.05) is 13.0 Å². The lowest BCUT2D eigenvalue weighted by Crippen LogP contribution is -2.23. The van der Waals surface area contributed by atoms with Gasteiger partial charge in [-0.05, 0) is 65.7 Å². The van der Waals surface area contributed by atoms with Gasteiger partial charge in [0.15, 0.2) is 0 Å². The average Bonchev–Trinajstić information content (AvgIpc) is 2.51. The highest BCUT2D eigenvalue weighted by atomic mass is 79.9. The molecule has 0 radical (unpaired) electrons. The number of carbonyl (C=O) groups excluding carboxylic acids is 1. The Morgan fingerprint density at radius 2 is 1.91 bits per heavy atom. The van der Waals surface area contributed by atoms with Gasteiger partial charge >= 0.3 is 0 Å². The number of aryl methyl sites for hydroxylation is 1. The summed E-state index contributed by atoms with van der Waals surface area (Å²) in [5.74, 6) is -0.304. The number of amides is 1.